The van der Waals surface area contributed by atoms with Crippen molar-refractivity contribution >= 4 is 15.9 Å². The molecule has 0 saturated heterocycles. The normalized spacial score (nSPS) is 10.4. The van der Waals surface area contributed by atoms with Gasteiger partial charge < -0.3 is 9.47 Å². The Balaban J connectivity index is 2.26. The number of ether oxygens (including phenoxy) is 2. The fourth-order valence-electron chi connectivity index (χ4n) is 1.85. The minimum absolute atomic E-state index is 0.755. The van der Waals surface area contributed by atoms with Gasteiger partial charge in [-0.3, -0.25) is 0 Å². The Bertz CT molecular complexity index is 339. The van der Waals surface area contributed by atoms with Crippen molar-refractivity contribution in [3.8, 4) is 11.5 Å². The number of para-hydroxylation sites is 1. The molecule has 0 radical (unpaired) electrons. The van der Waals surface area contributed by atoms with Gasteiger partial charge in [0.1, 0.15) is 0 Å². The van der Waals surface area contributed by atoms with Gasteiger partial charge in [-0.25, -0.2) is 0 Å². The number of hydrogen-bond donors (Lipinski definition) is 0. The highest BCUT2D eigenvalue weighted by Gasteiger charge is 2.07. The third-order valence-corrected chi connectivity index (χ3v) is 3.52. The summed E-state index contributed by atoms with van der Waals surface area (Å²) in [5.74, 6) is 1.60. The van der Waals surface area contributed by atoms with Crippen LogP contribution in [0, 0.1) is 0 Å². The zero-order chi connectivity index (χ0) is 13.2. The Hall–Kier alpha value is -0.700. The van der Waals surface area contributed by atoms with Crippen LogP contribution in [0.2, 0.25) is 0 Å². The van der Waals surface area contributed by atoms with E-state index in [4.69, 9.17) is 9.47 Å². The van der Waals surface area contributed by atoms with Gasteiger partial charge in [-0.15, -0.1) is 0 Å². The van der Waals surface area contributed by atoms with Crippen molar-refractivity contribution in [1.29, 1.82) is 0 Å². The monoisotopic (exact) mass is 314 g/mol. The van der Waals surface area contributed by atoms with Crippen LogP contribution in [0.3, 0.4) is 0 Å². The summed E-state index contributed by atoms with van der Waals surface area (Å²) in [6.07, 6.45) is 7.64. The summed E-state index contributed by atoms with van der Waals surface area (Å²) in [7, 11) is 1.67. The van der Waals surface area contributed by atoms with E-state index in [1.54, 1.807) is 7.11 Å². The third kappa shape index (κ3) is 5.30. The van der Waals surface area contributed by atoms with E-state index >= 15 is 0 Å². The lowest BCUT2D eigenvalue weighted by atomic mass is 10.1. The van der Waals surface area contributed by atoms with E-state index in [1.165, 1.54) is 32.1 Å². The van der Waals surface area contributed by atoms with E-state index in [0.29, 0.717) is 0 Å². The lowest BCUT2D eigenvalue weighted by molar-refractivity contribution is 0.283. The number of rotatable bonds is 9. The van der Waals surface area contributed by atoms with Gasteiger partial charge in [0, 0.05) is 0 Å². The number of hydrogen-bond acceptors (Lipinski definition) is 2. The minimum Gasteiger partial charge on any atom is -0.493 e. The maximum absolute atomic E-state index is 5.79. The molecule has 0 unspecified atom stereocenters. The maximum Gasteiger partial charge on any atom is 0.175 e. The molecule has 1 aromatic rings. The van der Waals surface area contributed by atoms with Crippen LogP contribution in [0.1, 0.15) is 45.4 Å². The molecule has 0 saturated carbocycles. The van der Waals surface area contributed by atoms with Crippen LogP contribution in [0.5, 0.6) is 11.5 Å². The summed E-state index contributed by atoms with van der Waals surface area (Å²) in [6, 6.07) is 5.83. The molecule has 1 aromatic carbocycles. The van der Waals surface area contributed by atoms with Gasteiger partial charge in [0.25, 0.3) is 0 Å². The highest BCUT2D eigenvalue weighted by Crippen LogP contribution is 2.34. The molecule has 0 heterocycles. The molecule has 0 amide bonds. The highest BCUT2D eigenvalue weighted by atomic mass is 79.9. The summed E-state index contributed by atoms with van der Waals surface area (Å²) < 4.78 is 12.0. The highest BCUT2D eigenvalue weighted by molar-refractivity contribution is 9.10. The molecule has 0 spiro atoms. The molecule has 1 rings (SSSR count). The summed E-state index contributed by atoms with van der Waals surface area (Å²) >= 11 is 3.49. The van der Waals surface area contributed by atoms with Gasteiger partial charge in [0.15, 0.2) is 11.5 Å². The Kier molecular flexibility index (Phi) is 7.90. The molecule has 0 N–H and O–H groups in total. The van der Waals surface area contributed by atoms with E-state index in [0.717, 1.165) is 29.0 Å². The fraction of sp³-hybridized carbons (Fsp3) is 0.600. The Morgan fingerprint density at radius 1 is 1.06 bits per heavy atom. The largest absolute Gasteiger partial charge is 0.493 e. The molecule has 3 heteroatoms. The lowest BCUT2D eigenvalue weighted by Gasteiger charge is -2.12. The van der Waals surface area contributed by atoms with Crippen molar-refractivity contribution in [3.05, 3.63) is 22.7 Å². The SMILES string of the molecule is CCCCCCCCOc1c(Br)cccc1OC. The first-order chi connectivity index (χ1) is 8.79. The molecule has 18 heavy (non-hydrogen) atoms. The lowest BCUT2D eigenvalue weighted by Crippen LogP contribution is -2.00. The predicted octanol–water partition coefficient (Wildman–Crippen LogP) is 5.20. The molecule has 0 aliphatic carbocycles. The van der Waals surface area contributed by atoms with E-state index in [-0.39, 0.29) is 0 Å². The second kappa shape index (κ2) is 9.26. The standard InChI is InChI=1S/C15H23BrO2/c1-3-4-5-6-7-8-12-18-15-13(16)10-9-11-14(15)17-2/h9-11H,3-8,12H2,1-2H3. The van der Waals surface area contributed by atoms with Crippen molar-refractivity contribution in [2.24, 2.45) is 0 Å². The molecule has 0 bridgehead atoms. The second-order valence-corrected chi connectivity index (χ2v) is 5.24. The molecular weight excluding hydrogens is 292 g/mol. The van der Waals surface area contributed by atoms with Gasteiger partial charge in [-0.05, 0) is 34.5 Å². The van der Waals surface area contributed by atoms with Gasteiger partial charge in [0.05, 0.1) is 18.2 Å². The average Bonchev–Trinajstić information content (AvgIpc) is 2.39. The van der Waals surface area contributed by atoms with Crippen molar-refractivity contribution in [1.82, 2.24) is 0 Å². The molecule has 0 fully saturated rings. The fourth-order valence-corrected chi connectivity index (χ4v) is 2.31. The second-order valence-electron chi connectivity index (χ2n) is 4.39. The van der Waals surface area contributed by atoms with Crippen LogP contribution >= 0.6 is 15.9 Å². The predicted molar refractivity (Wildman–Crippen MR) is 79.6 cm³/mol. The topological polar surface area (TPSA) is 18.5 Å². The van der Waals surface area contributed by atoms with Crippen LogP contribution in [0.4, 0.5) is 0 Å². The molecule has 0 aliphatic heterocycles. The quantitative estimate of drug-likeness (QED) is 0.583. The van der Waals surface area contributed by atoms with Crippen LogP contribution < -0.4 is 9.47 Å². The zero-order valence-corrected chi connectivity index (χ0v) is 13.0. The number of benzene rings is 1. The van der Waals surface area contributed by atoms with Crippen LogP contribution in [-0.4, -0.2) is 13.7 Å². The van der Waals surface area contributed by atoms with Crippen LogP contribution in [0.15, 0.2) is 22.7 Å². The van der Waals surface area contributed by atoms with Gasteiger partial charge in [-0.1, -0.05) is 45.1 Å². The summed E-state index contributed by atoms with van der Waals surface area (Å²) in [6.45, 7) is 2.99. The smallest absolute Gasteiger partial charge is 0.175 e. The molecule has 2 nitrogen and oxygen atoms in total. The van der Waals surface area contributed by atoms with Gasteiger partial charge in [-0.2, -0.15) is 0 Å². The number of unbranched alkanes of at least 4 members (excludes halogenated alkanes) is 5. The molecular formula is C15H23BrO2. The number of halogens is 1. The van der Waals surface area contributed by atoms with Crippen LogP contribution in [0.25, 0.3) is 0 Å². The van der Waals surface area contributed by atoms with E-state index in [2.05, 4.69) is 22.9 Å². The molecule has 0 aliphatic rings. The first-order valence-electron chi connectivity index (χ1n) is 6.75. The van der Waals surface area contributed by atoms with E-state index < -0.39 is 0 Å². The van der Waals surface area contributed by atoms with Crippen molar-refractivity contribution in [2.75, 3.05) is 13.7 Å². The number of methoxy groups -OCH3 is 1. The van der Waals surface area contributed by atoms with Crippen molar-refractivity contribution < 1.29 is 9.47 Å². The summed E-state index contributed by atoms with van der Waals surface area (Å²) in [4.78, 5) is 0. The zero-order valence-electron chi connectivity index (χ0n) is 11.4. The summed E-state index contributed by atoms with van der Waals surface area (Å²) in [5.41, 5.74) is 0. The first kappa shape index (κ1) is 15.4. The first-order valence-corrected chi connectivity index (χ1v) is 7.54. The minimum atomic E-state index is 0.755. The van der Waals surface area contributed by atoms with Gasteiger partial charge in [0.2, 0.25) is 0 Å². The molecule has 102 valence electrons. The molecule has 0 aromatic heterocycles. The van der Waals surface area contributed by atoms with Crippen molar-refractivity contribution in [2.45, 2.75) is 45.4 Å². The Labute approximate surface area is 119 Å². The third-order valence-electron chi connectivity index (χ3n) is 2.90. The van der Waals surface area contributed by atoms with Crippen LogP contribution in [-0.2, 0) is 0 Å². The Morgan fingerprint density at radius 3 is 2.50 bits per heavy atom. The van der Waals surface area contributed by atoms with Crippen molar-refractivity contribution in [3.63, 3.8) is 0 Å². The summed E-state index contributed by atoms with van der Waals surface area (Å²) in [5, 5.41) is 0. The van der Waals surface area contributed by atoms with E-state index in [1.807, 2.05) is 18.2 Å². The Morgan fingerprint density at radius 2 is 1.78 bits per heavy atom. The average molecular weight is 315 g/mol. The van der Waals surface area contributed by atoms with Gasteiger partial charge >= 0.3 is 0 Å². The van der Waals surface area contributed by atoms with E-state index in [9.17, 15) is 0 Å². The molecule has 0 atom stereocenters. The maximum atomic E-state index is 5.79.